The highest BCUT2D eigenvalue weighted by Gasteiger charge is 2.25. The van der Waals surface area contributed by atoms with Gasteiger partial charge in [0, 0.05) is 19.6 Å². The van der Waals surface area contributed by atoms with Gasteiger partial charge in [-0.2, -0.15) is 0 Å². The Hall–Kier alpha value is -0.590. The number of thioether (sulfide) groups is 1. The molecule has 0 saturated carbocycles. The van der Waals surface area contributed by atoms with Gasteiger partial charge in [-0.25, -0.2) is 0 Å². The average Bonchev–Trinajstić information content (AvgIpc) is 2.56. The third-order valence-electron chi connectivity index (χ3n) is 2.11. The fraction of sp³-hybridized carbons (Fsp3) is 0.750. The van der Waals surface area contributed by atoms with Gasteiger partial charge in [0.15, 0.2) is 0 Å². The summed E-state index contributed by atoms with van der Waals surface area (Å²) < 4.78 is 10.6. The molecule has 2 N–H and O–H groups in total. The Balaban J connectivity index is 1.95. The Kier molecular flexibility index (Phi) is 3.05. The molecular formula is C8H13N3O2S. The molecule has 0 aromatic carbocycles. The van der Waals surface area contributed by atoms with E-state index in [0.717, 1.165) is 13.0 Å². The van der Waals surface area contributed by atoms with E-state index in [4.69, 9.17) is 14.9 Å². The van der Waals surface area contributed by atoms with Gasteiger partial charge in [0.05, 0.1) is 11.9 Å². The SMILES string of the molecule is Cc1nnc(SC2COCCC2N)o1. The lowest BCUT2D eigenvalue weighted by molar-refractivity contribution is 0.0913. The van der Waals surface area contributed by atoms with E-state index >= 15 is 0 Å². The van der Waals surface area contributed by atoms with Gasteiger partial charge >= 0.3 is 0 Å². The Labute approximate surface area is 86.4 Å². The fourth-order valence-corrected chi connectivity index (χ4v) is 2.30. The minimum atomic E-state index is 0.154. The highest BCUT2D eigenvalue weighted by atomic mass is 32.2. The van der Waals surface area contributed by atoms with Crippen LogP contribution in [0.4, 0.5) is 0 Å². The standard InChI is InChI=1S/C8H13N3O2S/c1-5-10-11-8(13-5)14-7-4-12-3-2-6(7)9/h6-7H,2-4,9H2,1H3. The van der Waals surface area contributed by atoms with Crippen molar-refractivity contribution in [3.8, 4) is 0 Å². The fourth-order valence-electron chi connectivity index (χ4n) is 1.31. The topological polar surface area (TPSA) is 74.2 Å². The molecule has 2 unspecified atom stereocenters. The first-order chi connectivity index (χ1) is 6.75. The molecule has 1 fully saturated rings. The van der Waals surface area contributed by atoms with Crippen LogP contribution in [0.5, 0.6) is 0 Å². The summed E-state index contributed by atoms with van der Waals surface area (Å²) in [6.07, 6.45) is 0.894. The molecular weight excluding hydrogens is 202 g/mol. The Morgan fingerprint density at radius 2 is 2.36 bits per heavy atom. The van der Waals surface area contributed by atoms with Crippen molar-refractivity contribution in [1.29, 1.82) is 0 Å². The summed E-state index contributed by atoms with van der Waals surface area (Å²) in [4.78, 5) is 0. The van der Waals surface area contributed by atoms with Crippen LogP contribution in [0.25, 0.3) is 0 Å². The van der Waals surface area contributed by atoms with Gasteiger partial charge in [0.1, 0.15) is 0 Å². The van der Waals surface area contributed by atoms with Crippen molar-refractivity contribution in [2.24, 2.45) is 5.73 Å². The molecule has 1 aromatic rings. The predicted molar refractivity (Wildman–Crippen MR) is 52.1 cm³/mol. The van der Waals surface area contributed by atoms with Crippen molar-refractivity contribution < 1.29 is 9.15 Å². The van der Waals surface area contributed by atoms with Crippen LogP contribution in [-0.4, -0.2) is 34.7 Å². The summed E-state index contributed by atoms with van der Waals surface area (Å²) in [5.74, 6) is 0.581. The van der Waals surface area contributed by atoms with Crippen molar-refractivity contribution in [2.45, 2.75) is 29.9 Å². The van der Waals surface area contributed by atoms with Gasteiger partial charge in [-0.3, -0.25) is 0 Å². The first-order valence-electron chi connectivity index (χ1n) is 4.56. The number of nitrogens with two attached hydrogens (primary N) is 1. The zero-order valence-electron chi connectivity index (χ0n) is 7.97. The van der Waals surface area contributed by atoms with E-state index in [1.165, 1.54) is 11.8 Å². The smallest absolute Gasteiger partial charge is 0.276 e. The number of aromatic nitrogens is 2. The maximum absolute atomic E-state index is 5.94. The van der Waals surface area contributed by atoms with Gasteiger partial charge in [-0.15, -0.1) is 10.2 Å². The van der Waals surface area contributed by atoms with Crippen LogP contribution >= 0.6 is 11.8 Å². The predicted octanol–water partition coefficient (Wildman–Crippen LogP) is 0.586. The highest BCUT2D eigenvalue weighted by Crippen LogP contribution is 2.26. The van der Waals surface area contributed by atoms with Crippen LogP contribution in [0.3, 0.4) is 0 Å². The molecule has 14 heavy (non-hydrogen) atoms. The Bertz CT molecular complexity index is 305. The summed E-state index contributed by atoms with van der Waals surface area (Å²) in [5, 5.41) is 8.47. The second-order valence-electron chi connectivity index (χ2n) is 3.27. The molecule has 0 aliphatic carbocycles. The lowest BCUT2D eigenvalue weighted by Crippen LogP contribution is -2.40. The van der Waals surface area contributed by atoms with E-state index in [-0.39, 0.29) is 11.3 Å². The van der Waals surface area contributed by atoms with E-state index < -0.39 is 0 Å². The first kappa shape index (κ1) is 9.95. The molecule has 0 amide bonds. The van der Waals surface area contributed by atoms with Gasteiger partial charge in [0.25, 0.3) is 5.22 Å². The number of rotatable bonds is 2. The average molecular weight is 215 g/mol. The van der Waals surface area contributed by atoms with Crippen molar-refractivity contribution in [3.63, 3.8) is 0 Å². The monoisotopic (exact) mass is 215 g/mol. The number of hydrogen-bond donors (Lipinski definition) is 1. The number of hydrogen-bond acceptors (Lipinski definition) is 6. The van der Waals surface area contributed by atoms with E-state index in [1.54, 1.807) is 6.92 Å². The van der Waals surface area contributed by atoms with Gasteiger partial charge in [0.2, 0.25) is 5.89 Å². The maximum atomic E-state index is 5.94. The van der Waals surface area contributed by atoms with Gasteiger partial charge in [-0.05, 0) is 6.42 Å². The first-order valence-corrected chi connectivity index (χ1v) is 5.44. The molecule has 1 aromatic heterocycles. The summed E-state index contributed by atoms with van der Waals surface area (Å²) in [7, 11) is 0. The zero-order chi connectivity index (χ0) is 9.97. The van der Waals surface area contributed by atoms with Gasteiger partial charge in [-0.1, -0.05) is 11.8 Å². The molecule has 1 aliphatic rings. The van der Waals surface area contributed by atoms with Crippen LogP contribution in [0.1, 0.15) is 12.3 Å². The molecule has 1 aliphatic heterocycles. The second kappa shape index (κ2) is 4.29. The summed E-state index contributed by atoms with van der Waals surface area (Å²) in [6.45, 7) is 3.18. The number of ether oxygens (including phenoxy) is 1. The van der Waals surface area contributed by atoms with E-state index in [2.05, 4.69) is 10.2 Å². The molecule has 0 bridgehead atoms. The summed E-state index contributed by atoms with van der Waals surface area (Å²) in [6, 6.07) is 0.154. The van der Waals surface area contributed by atoms with Gasteiger partial charge < -0.3 is 14.9 Å². The lowest BCUT2D eigenvalue weighted by atomic mass is 10.1. The summed E-state index contributed by atoms with van der Waals surface area (Å²) >= 11 is 1.50. The van der Waals surface area contributed by atoms with E-state index in [0.29, 0.717) is 17.7 Å². The Morgan fingerprint density at radius 1 is 1.50 bits per heavy atom. The molecule has 2 heterocycles. The van der Waals surface area contributed by atoms with E-state index in [9.17, 15) is 0 Å². The molecule has 78 valence electrons. The van der Waals surface area contributed by atoms with Crippen LogP contribution < -0.4 is 5.73 Å². The van der Waals surface area contributed by atoms with E-state index in [1.807, 2.05) is 0 Å². The minimum absolute atomic E-state index is 0.154. The molecule has 2 atom stereocenters. The summed E-state index contributed by atoms with van der Waals surface area (Å²) in [5.41, 5.74) is 5.94. The molecule has 2 rings (SSSR count). The molecule has 0 radical (unpaired) electrons. The molecule has 0 spiro atoms. The largest absolute Gasteiger partial charge is 0.416 e. The van der Waals surface area contributed by atoms with Crippen molar-refractivity contribution in [3.05, 3.63) is 5.89 Å². The number of nitrogens with zero attached hydrogens (tertiary/aromatic N) is 2. The minimum Gasteiger partial charge on any atom is -0.416 e. The highest BCUT2D eigenvalue weighted by molar-refractivity contribution is 7.99. The maximum Gasteiger partial charge on any atom is 0.276 e. The third kappa shape index (κ3) is 2.26. The molecule has 1 saturated heterocycles. The van der Waals surface area contributed by atoms with Crippen LogP contribution in [0.2, 0.25) is 0 Å². The zero-order valence-corrected chi connectivity index (χ0v) is 8.79. The normalized spacial score (nSPS) is 27.9. The van der Waals surface area contributed by atoms with Crippen molar-refractivity contribution in [1.82, 2.24) is 10.2 Å². The van der Waals surface area contributed by atoms with Crippen LogP contribution in [0.15, 0.2) is 9.64 Å². The second-order valence-corrected chi connectivity index (χ2v) is 4.46. The third-order valence-corrected chi connectivity index (χ3v) is 3.27. The molecule has 6 heteroatoms. The van der Waals surface area contributed by atoms with Crippen molar-refractivity contribution >= 4 is 11.8 Å². The van der Waals surface area contributed by atoms with Crippen LogP contribution in [-0.2, 0) is 4.74 Å². The van der Waals surface area contributed by atoms with Crippen molar-refractivity contribution in [2.75, 3.05) is 13.2 Å². The molecule has 5 nitrogen and oxygen atoms in total. The lowest BCUT2D eigenvalue weighted by Gasteiger charge is -2.26. The van der Waals surface area contributed by atoms with Crippen LogP contribution in [0, 0.1) is 6.92 Å². The number of aryl methyl sites for hydroxylation is 1. The quantitative estimate of drug-likeness (QED) is 0.778. The Morgan fingerprint density at radius 3 is 3.00 bits per heavy atom.